The minimum absolute atomic E-state index is 0.195. The molecule has 0 fully saturated rings. The lowest BCUT2D eigenvalue weighted by atomic mass is 9.97. The van der Waals surface area contributed by atoms with Crippen LogP contribution in [0, 0.1) is 0 Å². The third kappa shape index (κ3) is 3.16. The van der Waals surface area contributed by atoms with Gasteiger partial charge in [-0.15, -0.1) is 0 Å². The van der Waals surface area contributed by atoms with Crippen LogP contribution in [-0.2, 0) is 10.9 Å². The summed E-state index contributed by atoms with van der Waals surface area (Å²) in [5.74, 6) is -0.595. The molecule has 0 N–H and O–H groups in total. The van der Waals surface area contributed by atoms with Crippen LogP contribution in [0.2, 0.25) is 0 Å². The van der Waals surface area contributed by atoms with Gasteiger partial charge in [-0.25, -0.2) is 4.79 Å². The third-order valence-electron chi connectivity index (χ3n) is 3.12. The number of carbonyl (C=O) groups is 2. The molecule has 0 saturated heterocycles. The fourth-order valence-corrected chi connectivity index (χ4v) is 2.01. The van der Waals surface area contributed by atoms with E-state index in [4.69, 9.17) is 0 Å². The first kappa shape index (κ1) is 15.8. The number of esters is 1. The van der Waals surface area contributed by atoms with Crippen LogP contribution in [0.1, 0.15) is 26.3 Å². The molecular weight excluding hydrogens is 297 g/mol. The van der Waals surface area contributed by atoms with Crippen LogP contribution in [0.4, 0.5) is 13.2 Å². The smallest absolute Gasteiger partial charge is 0.416 e. The van der Waals surface area contributed by atoms with E-state index in [1.165, 1.54) is 37.4 Å². The fourth-order valence-electron chi connectivity index (χ4n) is 2.01. The average molecular weight is 308 g/mol. The van der Waals surface area contributed by atoms with Crippen molar-refractivity contribution in [3.8, 4) is 11.1 Å². The van der Waals surface area contributed by atoms with Crippen molar-refractivity contribution < 1.29 is 27.5 Å². The molecule has 0 spiro atoms. The van der Waals surface area contributed by atoms with E-state index in [9.17, 15) is 22.8 Å². The lowest BCUT2D eigenvalue weighted by molar-refractivity contribution is -0.137. The lowest BCUT2D eigenvalue weighted by Gasteiger charge is -2.10. The van der Waals surface area contributed by atoms with Gasteiger partial charge in [-0.1, -0.05) is 18.2 Å². The highest BCUT2D eigenvalue weighted by atomic mass is 19.4. The molecule has 0 aromatic heterocycles. The Bertz CT molecular complexity index is 704. The molecule has 114 valence electrons. The molecule has 0 atom stereocenters. The number of carbonyl (C=O) groups excluding carboxylic acids is 2. The van der Waals surface area contributed by atoms with Crippen molar-refractivity contribution in [3.05, 3.63) is 59.2 Å². The van der Waals surface area contributed by atoms with E-state index in [1.54, 1.807) is 0 Å². The van der Waals surface area contributed by atoms with E-state index >= 15 is 0 Å². The van der Waals surface area contributed by atoms with Gasteiger partial charge in [-0.05, 0) is 35.4 Å². The topological polar surface area (TPSA) is 43.4 Å². The Morgan fingerprint density at radius 1 is 1.09 bits per heavy atom. The number of halogens is 3. The van der Waals surface area contributed by atoms with Gasteiger partial charge in [0.05, 0.1) is 18.2 Å². The first-order valence-corrected chi connectivity index (χ1v) is 6.22. The summed E-state index contributed by atoms with van der Waals surface area (Å²) in [5, 5.41) is 0. The Balaban J connectivity index is 2.44. The molecule has 2 aromatic rings. The number of ether oxygens (including phenoxy) is 1. The van der Waals surface area contributed by atoms with E-state index < -0.39 is 17.7 Å². The number of aldehydes is 1. The fraction of sp³-hybridized carbons (Fsp3) is 0.125. The van der Waals surface area contributed by atoms with E-state index in [1.807, 2.05) is 0 Å². The van der Waals surface area contributed by atoms with E-state index in [2.05, 4.69) is 4.74 Å². The summed E-state index contributed by atoms with van der Waals surface area (Å²) in [4.78, 5) is 22.6. The van der Waals surface area contributed by atoms with Crippen molar-refractivity contribution in [1.82, 2.24) is 0 Å². The standard InChI is InChI=1S/C16H11F3O3/c1-22-15(21)11-4-7-14(12(8-11)9-20)10-2-5-13(6-3-10)16(17,18)19/h2-9H,1H3. The van der Waals surface area contributed by atoms with Gasteiger partial charge < -0.3 is 4.74 Å². The molecule has 0 radical (unpaired) electrons. The Labute approximate surface area is 124 Å². The van der Waals surface area contributed by atoms with Crippen molar-refractivity contribution in [2.45, 2.75) is 6.18 Å². The number of benzene rings is 2. The highest BCUT2D eigenvalue weighted by molar-refractivity contribution is 5.95. The van der Waals surface area contributed by atoms with Crippen LogP contribution < -0.4 is 0 Å². The zero-order chi connectivity index (χ0) is 16.3. The van der Waals surface area contributed by atoms with Gasteiger partial charge >= 0.3 is 12.1 Å². The molecule has 22 heavy (non-hydrogen) atoms. The highest BCUT2D eigenvalue weighted by Gasteiger charge is 2.30. The third-order valence-corrected chi connectivity index (χ3v) is 3.12. The van der Waals surface area contributed by atoms with Crippen molar-refractivity contribution in [1.29, 1.82) is 0 Å². The van der Waals surface area contributed by atoms with E-state index in [-0.39, 0.29) is 11.1 Å². The van der Waals surface area contributed by atoms with Gasteiger partial charge in [0.25, 0.3) is 0 Å². The van der Waals surface area contributed by atoms with E-state index in [0.717, 1.165) is 12.1 Å². The second-order valence-electron chi connectivity index (χ2n) is 4.49. The van der Waals surface area contributed by atoms with Gasteiger partial charge in [0.15, 0.2) is 6.29 Å². The van der Waals surface area contributed by atoms with Gasteiger partial charge in [-0.2, -0.15) is 13.2 Å². The molecule has 0 amide bonds. The highest BCUT2D eigenvalue weighted by Crippen LogP contribution is 2.31. The molecule has 2 rings (SSSR count). The van der Waals surface area contributed by atoms with Crippen LogP contribution >= 0.6 is 0 Å². The maximum atomic E-state index is 12.5. The Morgan fingerprint density at radius 3 is 2.23 bits per heavy atom. The summed E-state index contributed by atoms with van der Waals surface area (Å²) in [7, 11) is 1.21. The van der Waals surface area contributed by atoms with Crippen molar-refractivity contribution in [2.75, 3.05) is 7.11 Å². The Morgan fingerprint density at radius 2 is 1.73 bits per heavy atom. The molecule has 3 nitrogen and oxygen atoms in total. The summed E-state index contributed by atoms with van der Waals surface area (Å²) in [5.41, 5.74) is 0.515. The minimum atomic E-state index is -4.42. The second-order valence-corrected chi connectivity index (χ2v) is 4.49. The molecule has 0 saturated carbocycles. The predicted molar refractivity (Wildman–Crippen MR) is 73.6 cm³/mol. The summed E-state index contributed by atoms with van der Waals surface area (Å²) in [6.45, 7) is 0. The number of alkyl halides is 3. The maximum absolute atomic E-state index is 12.5. The Hall–Kier alpha value is -2.63. The number of methoxy groups -OCH3 is 1. The van der Waals surface area contributed by atoms with Gasteiger partial charge in [-0.3, -0.25) is 4.79 Å². The van der Waals surface area contributed by atoms with Gasteiger partial charge in [0.2, 0.25) is 0 Å². The molecule has 2 aromatic carbocycles. The van der Waals surface area contributed by atoms with Crippen molar-refractivity contribution >= 4 is 12.3 Å². The zero-order valence-corrected chi connectivity index (χ0v) is 11.5. The van der Waals surface area contributed by atoms with Crippen LogP contribution in [-0.4, -0.2) is 19.4 Å². The first-order valence-electron chi connectivity index (χ1n) is 6.22. The molecule has 0 heterocycles. The van der Waals surface area contributed by atoms with Crippen LogP contribution in [0.25, 0.3) is 11.1 Å². The molecule has 0 unspecified atom stereocenters. The molecule has 0 aliphatic heterocycles. The molecular formula is C16H11F3O3. The quantitative estimate of drug-likeness (QED) is 0.636. The second kappa shape index (κ2) is 6.01. The Kier molecular flexibility index (Phi) is 4.30. The summed E-state index contributed by atoms with van der Waals surface area (Å²) >= 11 is 0. The maximum Gasteiger partial charge on any atom is 0.416 e. The molecule has 6 heteroatoms. The first-order chi connectivity index (χ1) is 10.4. The van der Waals surface area contributed by atoms with Gasteiger partial charge in [0, 0.05) is 5.56 Å². The summed E-state index contributed by atoms with van der Waals surface area (Å²) in [6.07, 6.45) is -3.87. The predicted octanol–water partition coefficient (Wildman–Crippen LogP) is 3.97. The summed E-state index contributed by atoms with van der Waals surface area (Å²) in [6, 6.07) is 8.73. The van der Waals surface area contributed by atoms with Crippen LogP contribution in [0.5, 0.6) is 0 Å². The molecule has 0 aliphatic carbocycles. The van der Waals surface area contributed by atoms with Crippen molar-refractivity contribution in [2.24, 2.45) is 0 Å². The number of hydrogen-bond acceptors (Lipinski definition) is 3. The molecule has 0 aliphatic rings. The summed E-state index contributed by atoms with van der Waals surface area (Å²) < 4.78 is 42.2. The monoisotopic (exact) mass is 308 g/mol. The SMILES string of the molecule is COC(=O)c1ccc(-c2ccc(C(F)(F)F)cc2)c(C=O)c1. The average Bonchev–Trinajstić information content (AvgIpc) is 2.52. The lowest BCUT2D eigenvalue weighted by Crippen LogP contribution is -2.04. The van der Waals surface area contributed by atoms with Crippen LogP contribution in [0.3, 0.4) is 0 Å². The van der Waals surface area contributed by atoms with Gasteiger partial charge in [0.1, 0.15) is 0 Å². The van der Waals surface area contributed by atoms with Crippen molar-refractivity contribution in [3.63, 3.8) is 0 Å². The zero-order valence-electron chi connectivity index (χ0n) is 11.5. The number of hydrogen-bond donors (Lipinski definition) is 0. The normalized spacial score (nSPS) is 11.1. The van der Waals surface area contributed by atoms with E-state index in [0.29, 0.717) is 17.4 Å². The van der Waals surface area contributed by atoms with Crippen LogP contribution in [0.15, 0.2) is 42.5 Å². The largest absolute Gasteiger partial charge is 0.465 e. The number of rotatable bonds is 3. The molecule has 0 bridgehead atoms. The minimum Gasteiger partial charge on any atom is -0.465 e.